The van der Waals surface area contributed by atoms with Gasteiger partial charge in [-0.3, -0.25) is 4.79 Å². The number of anilines is 1. The second-order valence-electron chi connectivity index (χ2n) is 4.46. The van der Waals surface area contributed by atoms with Gasteiger partial charge in [0.05, 0.1) is 6.54 Å². The third kappa shape index (κ3) is 3.48. The summed E-state index contributed by atoms with van der Waals surface area (Å²) in [4.78, 5) is 23.2. The van der Waals surface area contributed by atoms with Gasteiger partial charge in [0.1, 0.15) is 5.01 Å². The van der Waals surface area contributed by atoms with Crippen molar-refractivity contribution in [2.24, 2.45) is 0 Å². The molecule has 0 fully saturated rings. The third-order valence-electron chi connectivity index (χ3n) is 2.92. The number of carbonyl (C=O) groups is 2. The Kier molecular flexibility index (Phi) is 4.24. The van der Waals surface area contributed by atoms with Crippen LogP contribution in [0.2, 0.25) is 0 Å². The summed E-state index contributed by atoms with van der Waals surface area (Å²) in [7, 11) is 1.51. The lowest BCUT2D eigenvalue weighted by molar-refractivity contribution is 0.102. The van der Waals surface area contributed by atoms with Crippen LogP contribution in [0.5, 0.6) is 11.5 Å². The Balaban J connectivity index is 1.62. The van der Waals surface area contributed by atoms with Gasteiger partial charge in [-0.25, -0.2) is 4.79 Å². The molecule has 9 nitrogen and oxygen atoms in total. The standard InChI is InChI=1S/C13H13N5O4S/c1-14-13(20)15-5-10-17-18-12(23-10)11(19)16-7-2-3-8-9(4-7)22-6-21-8/h2-4H,5-6H2,1H3,(H,16,19)(H2,14,15,20). The van der Waals surface area contributed by atoms with Gasteiger partial charge < -0.3 is 25.4 Å². The Hall–Kier alpha value is -2.88. The molecular weight excluding hydrogens is 322 g/mol. The van der Waals surface area contributed by atoms with Crippen LogP contribution in [-0.4, -0.2) is 36.0 Å². The summed E-state index contributed by atoms with van der Waals surface area (Å²) in [5, 5.41) is 16.1. The number of nitrogens with zero attached hydrogens (tertiary/aromatic N) is 2. The van der Waals surface area contributed by atoms with Crippen LogP contribution in [-0.2, 0) is 6.54 Å². The number of fused-ring (bicyclic) bond motifs is 1. The lowest BCUT2D eigenvalue weighted by Gasteiger charge is -2.03. The van der Waals surface area contributed by atoms with Gasteiger partial charge in [-0.2, -0.15) is 0 Å². The molecule has 0 spiro atoms. The third-order valence-corrected chi connectivity index (χ3v) is 3.84. The molecule has 1 aliphatic rings. The molecule has 1 aromatic carbocycles. The molecule has 0 bridgehead atoms. The van der Waals surface area contributed by atoms with Gasteiger partial charge in [0.25, 0.3) is 5.91 Å². The minimum Gasteiger partial charge on any atom is -0.454 e. The molecule has 0 aliphatic carbocycles. The molecule has 0 saturated carbocycles. The van der Waals surface area contributed by atoms with Gasteiger partial charge in [0, 0.05) is 18.8 Å². The van der Waals surface area contributed by atoms with Crippen molar-refractivity contribution in [1.82, 2.24) is 20.8 Å². The second kappa shape index (κ2) is 6.48. The fourth-order valence-electron chi connectivity index (χ4n) is 1.82. The van der Waals surface area contributed by atoms with Gasteiger partial charge in [-0.15, -0.1) is 10.2 Å². The van der Waals surface area contributed by atoms with Crippen LogP contribution in [0.3, 0.4) is 0 Å². The number of carbonyl (C=O) groups excluding carboxylic acids is 2. The van der Waals surface area contributed by atoms with Gasteiger partial charge in [0.2, 0.25) is 11.8 Å². The summed E-state index contributed by atoms with van der Waals surface area (Å²) < 4.78 is 10.5. The van der Waals surface area contributed by atoms with Crippen LogP contribution in [0, 0.1) is 0 Å². The quantitative estimate of drug-likeness (QED) is 0.766. The molecule has 2 heterocycles. The van der Waals surface area contributed by atoms with Crippen molar-refractivity contribution in [3.05, 3.63) is 28.2 Å². The van der Waals surface area contributed by atoms with E-state index < -0.39 is 0 Å². The van der Waals surface area contributed by atoms with E-state index in [0.717, 1.165) is 11.3 Å². The first-order valence-electron chi connectivity index (χ1n) is 6.64. The van der Waals surface area contributed by atoms with E-state index in [-0.39, 0.29) is 30.3 Å². The van der Waals surface area contributed by atoms with Crippen LogP contribution in [0.25, 0.3) is 0 Å². The lowest BCUT2D eigenvalue weighted by Crippen LogP contribution is -2.32. The highest BCUT2D eigenvalue weighted by Crippen LogP contribution is 2.34. The first kappa shape index (κ1) is 15.0. The molecule has 0 atom stereocenters. The maximum absolute atomic E-state index is 12.1. The zero-order valence-electron chi connectivity index (χ0n) is 12.1. The van der Waals surface area contributed by atoms with Gasteiger partial charge in [0.15, 0.2) is 11.5 Å². The van der Waals surface area contributed by atoms with Crippen molar-refractivity contribution in [2.75, 3.05) is 19.2 Å². The molecule has 120 valence electrons. The Labute approximate surface area is 135 Å². The molecule has 10 heteroatoms. The van der Waals surface area contributed by atoms with Gasteiger partial charge in [-0.05, 0) is 12.1 Å². The summed E-state index contributed by atoms with van der Waals surface area (Å²) in [6, 6.07) is 4.78. The predicted octanol–water partition coefficient (Wildman–Crippen LogP) is 0.948. The summed E-state index contributed by atoms with van der Waals surface area (Å²) in [5.74, 6) is 0.838. The monoisotopic (exact) mass is 335 g/mol. The fourth-order valence-corrected chi connectivity index (χ4v) is 2.49. The van der Waals surface area contributed by atoms with Gasteiger partial charge in [-0.1, -0.05) is 11.3 Å². The van der Waals surface area contributed by atoms with E-state index in [4.69, 9.17) is 9.47 Å². The molecule has 3 N–H and O–H groups in total. The maximum Gasteiger partial charge on any atom is 0.314 e. The van der Waals surface area contributed by atoms with E-state index >= 15 is 0 Å². The Morgan fingerprint density at radius 2 is 2.09 bits per heavy atom. The van der Waals surface area contributed by atoms with E-state index in [1.54, 1.807) is 18.2 Å². The molecule has 0 unspecified atom stereocenters. The number of hydrogen-bond acceptors (Lipinski definition) is 7. The van der Waals surface area contributed by atoms with Crippen molar-refractivity contribution in [1.29, 1.82) is 0 Å². The van der Waals surface area contributed by atoms with Crippen molar-refractivity contribution in [3.8, 4) is 11.5 Å². The molecule has 1 aromatic heterocycles. The lowest BCUT2D eigenvalue weighted by atomic mass is 10.3. The molecule has 1 aliphatic heterocycles. The molecule has 23 heavy (non-hydrogen) atoms. The van der Waals surface area contributed by atoms with Crippen LogP contribution >= 0.6 is 11.3 Å². The van der Waals surface area contributed by atoms with Crippen LogP contribution < -0.4 is 25.4 Å². The predicted molar refractivity (Wildman–Crippen MR) is 81.7 cm³/mol. The van der Waals surface area contributed by atoms with Crippen molar-refractivity contribution >= 4 is 29.0 Å². The van der Waals surface area contributed by atoms with Crippen LogP contribution in [0.4, 0.5) is 10.5 Å². The number of hydrogen-bond donors (Lipinski definition) is 3. The van der Waals surface area contributed by atoms with Crippen molar-refractivity contribution in [2.45, 2.75) is 6.54 Å². The molecule has 3 rings (SSSR count). The average Bonchev–Trinajstić information content (AvgIpc) is 3.21. The van der Waals surface area contributed by atoms with Crippen LogP contribution in [0.15, 0.2) is 18.2 Å². The highest BCUT2D eigenvalue weighted by Gasteiger charge is 2.17. The van der Waals surface area contributed by atoms with E-state index in [2.05, 4.69) is 26.1 Å². The SMILES string of the molecule is CNC(=O)NCc1nnc(C(=O)Nc2ccc3c(c2)OCO3)s1. The first-order valence-corrected chi connectivity index (χ1v) is 7.46. The summed E-state index contributed by atoms with van der Waals surface area (Å²) in [6.45, 7) is 0.374. The van der Waals surface area contributed by atoms with E-state index in [1.165, 1.54) is 7.05 Å². The largest absolute Gasteiger partial charge is 0.454 e. The van der Waals surface area contributed by atoms with Crippen molar-refractivity contribution < 1.29 is 19.1 Å². The molecule has 3 amide bonds. The number of nitrogens with one attached hydrogen (secondary N) is 3. The highest BCUT2D eigenvalue weighted by atomic mass is 32.1. The molecule has 0 radical (unpaired) electrons. The molecule has 2 aromatic rings. The summed E-state index contributed by atoms with van der Waals surface area (Å²) >= 11 is 1.11. The minimum atomic E-state index is -0.382. The second-order valence-corrected chi connectivity index (χ2v) is 5.52. The number of benzene rings is 1. The van der Waals surface area contributed by atoms with Crippen molar-refractivity contribution in [3.63, 3.8) is 0 Å². The first-order chi connectivity index (χ1) is 11.2. The summed E-state index contributed by atoms with van der Waals surface area (Å²) in [5.41, 5.74) is 0.569. The number of aromatic nitrogens is 2. The molecular formula is C13H13N5O4S. The smallest absolute Gasteiger partial charge is 0.314 e. The number of ether oxygens (including phenoxy) is 2. The number of rotatable bonds is 4. The number of amides is 3. The van der Waals surface area contributed by atoms with E-state index in [1.807, 2.05) is 0 Å². The minimum absolute atomic E-state index is 0.171. The topological polar surface area (TPSA) is 114 Å². The zero-order chi connectivity index (χ0) is 16.2. The highest BCUT2D eigenvalue weighted by molar-refractivity contribution is 7.13. The summed E-state index contributed by atoms with van der Waals surface area (Å²) in [6.07, 6.45) is 0. The normalized spacial score (nSPS) is 11.9. The Bertz CT molecular complexity index is 748. The average molecular weight is 335 g/mol. The van der Waals surface area contributed by atoms with Gasteiger partial charge >= 0.3 is 6.03 Å². The molecule has 0 saturated heterocycles. The number of urea groups is 1. The zero-order valence-corrected chi connectivity index (χ0v) is 12.9. The van der Waals surface area contributed by atoms with Crippen LogP contribution in [0.1, 0.15) is 14.8 Å². The Morgan fingerprint density at radius 3 is 2.91 bits per heavy atom. The maximum atomic E-state index is 12.1. The van der Waals surface area contributed by atoms with E-state index in [9.17, 15) is 9.59 Å². The Morgan fingerprint density at radius 1 is 1.26 bits per heavy atom. The van der Waals surface area contributed by atoms with E-state index in [0.29, 0.717) is 22.2 Å². The fraction of sp³-hybridized carbons (Fsp3) is 0.231.